The number of likely N-dealkylation sites (tertiary alicyclic amines) is 1. The monoisotopic (exact) mass is 315 g/mol. The van der Waals surface area contributed by atoms with E-state index in [0.29, 0.717) is 6.04 Å². The fraction of sp³-hybridized carbons (Fsp3) is 0.706. The molecule has 0 amide bonds. The lowest BCUT2D eigenvalue weighted by Gasteiger charge is -2.24. The molecule has 0 bridgehead atoms. The SMILES string of the molecule is CO[C@@H]1C[C@@H](c2nnc3cnccn23)N(CCC2CCCC2)C1. The molecular formula is C17H25N5O. The fourth-order valence-electron chi connectivity index (χ4n) is 4.19. The first kappa shape index (κ1) is 15.0. The average Bonchev–Trinajstić information content (AvgIpc) is 3.31. The third kappa shape index (κ3) is 2.97. The number of nitrogens with zero attached hydrogens (tertiary/aromatic N) is 5. The molecule has 4 rings (SSSR count). The Morgan fingerprint density at radius 1 is 1.26 bits per heavy atom. The molecule has 2 aromatic rings. The Labute approximate surface area is 136 Å². The second kappa shape index (κ2) is 6.53. The summed E-state index contributed by atoms with van der Waals surface area (Å²) in [5.41, 5.74) is 0.819. The van der Waals surface area contributed by atoms with Gasteiger partial charge in [0.05, 0.1) is 18.3 Å². The second-order valence-electron chi connectivity index (χ2n) is 6.91. The maximum atomic E-state index is 5.64. The zero-order valence-electron chi connectivity index (χ0n) is 13.8. The van der Waals surface area contributed by atoms with Crippen LogP contribution in [0.1, 0.15) is 50.4 Å². The number of aromatic nitrogens is 4. The third-order valence-corrected chi connectivity index (χ3v) is 5.54. The standard InChI is InChI=1S/C17H25N5O/c1-23-14-10-15(17-20-19-16-11-18-7-9-22(16)17)21(12-14)8-6-13-4-2-3-5-13/h7,9,11,13-15H,2-6,8,10,12H2,1H3/t14-,15+/m1/s1. The first-order valence-electron chi connectivity index (χ1n) is 8.76. The van der Waals surface area contributed by atoms with E-state index in [-0.39, 0.29) is 6.10 Å². The summed E-state index contributed by atoms with van der Waals surface area (Å²) in [6, 6.07) is 0.291. The highest BCUT2D eigenvalue weighted by Gasteiger charge is 2.36. The van der Waals surface area contributed by atoms with Crippen LogP contribution >= 0.6 is 0 Å². The van der Waals surface area contributed by atoms with E-state index in [1.54, 1.807) is 12.4 Å². The number of hydrogen-bond donors (Lipinski definition) is 0. The number of rotatable bonds is 5. The molecule has 2 fully saturated rings. The van der Waals surface area contributed by atoms with Crippen molar-refractivity contribution in [3.63, 3.8) is 0 Å². The molecular weight excluding hydrogens is 290 g/mol. The van der Waals surface area contributed by atoms with Crippen LogP contribution in [0, 0.1) is 5.92 Å². The van der Waals surface area contributed by atoms with Gasteiger partial charge < -0.3 is 4.74 Å². The van der Waals surface area contributed by atoms with Gasteiger partial charge in [-0.15, -0.1) is 10.2 Å². The van der Waals surface area contributed by atoms with Crippen molar-refractivity contribution in [2.24, 2.45) is 5.92 Å². The van der Waals surface area contributed by atoms with Crippen LogP contribution in [0.15, 0.2) is 18.6 Å². The van der Waals surface area contributed by atoms with Crippen LogP contribution in [0.5, 0.6) is 0 Å². The molecule has 6 heteroatoms. The fourth-order valence-corrected chi connectivity index (χ4v) is 4.19. The molecule has 1 aliphatic carbocycles. The van der Waals surface area contributed by atoms with E-state index in [2.05, 4.69) is 24.5 Å². The van der Waals surface area contributed by atoms with E-state index in [1.165, 1.54) is 32.1 Å². The van der Waals surface area contributed by atoms with Crippen LogP contribution < -0.4 is 0 Å². The summed E-state index contributed by atoms with van der Waals surface area (Å²) < 4.78 is 7.71. The topological polar surface area (TPSA) is 55.6 Å². The Morgan fingerprint density at radius 3 is 2.96 bits per heavy atom. The minimum Gasteiger partial charge on any atom is -0.380 e. The third-order valence-electron chi connectivity index (χ3n) is 5.54. The van der Waals surface area contributed by atoms with Gasteiger partial charge in [0.2, 0.25) is 0 Å². The number of methoxy groups -OCH3 is 1. The predicted molar refractivity (Wildman–Crippen MR) is 87.1 cm³/mol. The minimum absolute atomic E-state index is 0.290. The van der Waals surface area contributed by atoms with Gasteiger partial charge in [0.25, 0.3) is 0 Å². The van der Waals surface area contributed by atoms with E-state index in [9.17, 15) is 0 Å². The van der Waals surface area contributed by atoms with Gasteiger partial charge in [-0.3, -0.25) is 14.3 Å². The lowest BCUT2D eigenvalue weighted by atomic mass is 10.0. The summed E-state index contributed by atoms with van der Waals surface area (Å²) in [6.45, 7) is 2.13. The van der Waals surface area contributed by atoms with Crippen molar-refractivity contribution in [1.82, 2.24) is 24.5 Å². The van der Waals surface area contributed by atoms with Crippen molar-refractivity contribution in [2.75, 3.05) is 20.2 Å². The molecule has 0 unspecified atom stereocenters. The molecule has 0 radical (unpaired) electrons. The molecule has 0 N–H and O–H groups in total. The van der Waals surface area contributed by atoms with Gasteiger partial charge in [-0.25, -0.2) is 0 Å². The van der Waals surface area contributed by atoms with Crippen LogP contribution in [0.25, 0.3) is 5.65 Å². The van der Waals surface area contributed by atoms with E-state index in [0.717, 1.165) is 36.9 Å². The normalized spacial score (nSPS) is 26.5. The largest absolute Gasteiger partial charge is 0.380 e. The van der Waals surface area contributed by atoms with Gasteiger partial charge >= 0.3 is 0 Å². The molecule has 23 heavy (non-hydrogen) atoms. The van der Waals surface area contributed by atoms with Gasteiger partial charge in [0, 0.05) is 26.0 Å². The van der Waals surface area contributed by atoms with Crippen molar-refractivity contribution in [3.05, 3.63) is 24.4 Å². The Balaban J connectivity index is 1.53. The van der Waals surface area contributed by atoms with Gasteiger partial charge in [-0.2, -0.15) is 0 Å². The van der Waals surface area contributed by atoms with Crippen molar-refractivity contribution in [1.29, 1.82) is 0 Å². The summed E-state index contributed by atoms with van der Waals surface area (Å²) >= 11 is 0. The van der Waals surface area contributed by atoms with Crippen molar-refractivity contribution in [2.45, 2.75) is 50.7 Å². The van der Waals surface area contributed by atoms with Crippen molar-refractivity contribution >= 4 is 5.65 Å². The summed E-state index contributed by atoms with van der Waals surface area (Å²) in [6.07, 6.45) is 13.7. The zero-order chi connectivity index (χ0) is 15.6. The van der Waals surface area contributed by atoms with Crippen LogP contribution in [-0.4, -0.2) is 50.8 Å². The maximum Gasteiger partial charge on any atom is 0.179 e. The van der Waals surface area contributed by atoms with Gasteiger partial charge in [-0.05, 0) is 25.3 Å². The van der Waals surface area contributed by atoms with Crippen LogP contribution in [0.3, 0.4) is 0 Å². The number of hydrogen-bond acceptors (Lipinski definition) is 5. The van der Waals surface area contributed by atoms with E-state index < -0.39 is 0 Å². The highest BCUT2D eigenvalue weighted by Crippen LogP contribution is 2.34. The molecule has 6 nitrogen and oxygen atoms in total. The summed E-state index contributed by atoms with van der Waals surface area (Å²) in [7, 11) is 1.81. The molecule has 3 heterocycles. The smallest absolute Gasteiger partial charge is 0.179 e. The molecule has 0 aromatic carbocycles. The highest BCUT2D eigenvalue weighted by atomic mass is 16.5. The Morgan fingerprint density at radius 2 is 2.13 bits per heavy atom. The summed E-state index contributed by atoms with van der Waals surface area (Å²) in [5.74, 6) is 1.94. The van der Waals surface area contributed by atoms with Crippen molar-refractivity contribution in [3.8, 4) is 0 Å². The molecule has 2 atom stereocenters. The van der Waals surface area contributed by atoms with E-state index >= 15 is 0 Å². The van der Waals surface area contributed by atoms with Crippen LogP contribution in [0.2, 0.25) is 0 Å². The lowest BCUT2D eigenvalue weighted by molar-refractivity contribution is 0.107. The molecule has 1 saturated heterocycles. The molecule has 2 aliphatic rings. The molecule has 1 aliphatic heterocycles. The quantitative estimate of drug-likeness (QED) is 0.848. The Bertz CT molecular complexity index is 651. The lowest BCUT2D eigenvalue weighted by Crippen LogP contribution is -2.28. The molecule has 2 aromatic heterocycles. The first-order valence-corrected chi connectivity index (χ1v) is 8.76. The Kier molecular flexibility index (Phi) is 4.27. The minimum atomic E-state index is 0.290. The van der Waals surface area contributed by atoms with Gasteiger partial charge in [-0.1, -0.05) is 25.7 Å². The highest BCUT2D eigenvalue weighted by molar-refractivity contribution is 5.34. The Hall–Kier alpha value is -1.53. The van der Waals surface area contributed by atoms with E-state index in [4.69, 9.17) is 4.74 Å². The van der Waals surface area contributed by atoms with Crippen LogP contribution in [0.4, 0.5) is 0 Å². The summed E-state index contributed by atoms with van der Waals surface area (Å²) in [4.78, 5) is 6.67. The molecule has 1 saturated carbocycles. The predicted octanol–water partition coefficient (Wildman–Crippen LogP) is 2.47. The van der Waals surface area contributed by atoms with Crippen molar-refractivity contribution < 1.29 is 4.74 Å². The number of ether oxygens (including phenoxy) is 1. The maximum absolute atomic E-state index is 5.64. The first-order chi connectivity index (χ1) is 11.3. The average molecular weight is 315 g/mol. The molecule has 124 valence electrons. The second-order valence-corrected chi connectivity index (χ2v) is 6.91. The summed E-state index contributed by atoms with van der Waals surface area (Å²) in [5, 5.41) is 8.72. The zero-order valence-corrected chi connectivity index (χ0v) is 13.8. The molecule has 0 spiro atoms. The van der Waals surface area contributed by atoms with Gasteiger partial charge in [0.1, 0.15) is 0 Å². The number of fused-ring (bicyclic) bond motifs is 1. The van der Waals surface area contributed by atoms with E-state index in [1.807, 2.05) is 13.3 Å². The van der Waals surface area contributed by atoms with Gasteiger partial charge in [0.15, 0.2) is 11.5 Å². The van der Waals surface area contributed by atoms with Crippen LogP contribution in [-0.2, 0) is 4.74 Å².